The Balaban J connectivity index is 1.61. The lowest BCUT2D eigenvalue weighted by molar-refractivity contribution is 0.183. The number of hydrogen-bond acceptors (Lipinski definition) is 4. The van der Waals surface area contributed by atoms with Gasteiger partial charge in [-0.1, -0.05) is 6.42 Å². The van der Waals surface area contributed by atoms with Gasteiger partial charge in [-0.25, -0.2) is 0 Å². The topological polar surface area (TPSA) is 54.7 Å². The third-order valence-electron chi connectivity index (χ3n) is 4.55. The van der Waals surface area contributed by atoms with Crippen LogP contribution in [0.3, 0.4) is 0 Å². The van der Waals surface area contributed by atoms with Gasteiger partial charge in [0.1, 0.15) is 12.4 Å². The summed E-state index contributed by atoms with van der Waals surface area (Å²) in [7, 11) is 0. The van der Waals surface area contributed by atoms with Crippen LogP contribution in [-0.4, -0.2) is 40.8 Å². The van der Waals surface area contributed by atoms with E-state index < -0.39 is 0 Å². The van der Waals surface area contributed by atoms with E-state index in [9.17, 15) is 9.90 Å². The molecular formula is C19H24N2O3. The van der Waals surface area contributed by atoms with Crippen molar-refractivity contribution in [3.63, 3.8) is 0 Å². The molecule has 24 heavy (non-hydrogen) atoms. The molecule has 0 spiro atoms. The Morgan fingerprint density at radius 2 is 1.79 bits per heavy atom. The molecule has 0 atom stereocenters. The number of ether oxygens (including phenoxy) is 1. The molecule has 0 amide bonds. The van der Waals surface area contributed by atoms with Crippen molar-refractivity contribution in [2.75, 3.05) is 26.2 Å². The van der Waals surface area contributed by atoms with E-state index in [0.717, 1.165) is 18.0 Å². The molecule has 1 aromatic heterocycles. The van der Waals surface area contributed by atoms with Crippen molar-refractivity contribution >= 4 is 0 Å². The number of aromatic hydroxyl groups is 1. The van der Waals surface area contributed by atoms with E-state index in [2.05, 4.69) is 4.90 Å². The van der Waals surface area contributed by atoms with Crippen LogP contribution in [0.1, 0.15) is 25.0 Å². The smallest absolute Gasteiger partial charge is 0.223 e. The van der Waals surface area contributed by atoms with Crippen LogP contribution in [0.15, 0.2) is 41.3 Å². The molecule has 2 aromatic rings. The van der Waals surface area contributed by atoms with Gasteiger partial charge in [0.15, 0.2) is 5.75 Å². The third kappa shape index (κ3) is 3.79. The fourth-order valence-corrected chi connectivity index (χ4v) is 3.08. The van der Waals surface area contributed by atoms with Crippen molar-refractivity contribution in [2.45, 2.75) is 26.2 Å². The molecule has 0 aliphatic carbocycles. The van der Waals surface area contributed by atoms with Crippen molar-refractivity contribution in [3.05, 3.63) is 52.4 Å². The summed E-state index contributed by atoms with van der Waals surface area (Å²) in [5.74, 6) is 0.623. The zero-order valence-electron chi connectivity index (χ0n) is 14.1. The van der Waals surface area contributed by atoms with E-state index in [1.54, 1.807) is 17.7 Å². The first-order chi connectivity index (χ1) is 11.6. The van der Waals surface area contributed by atoms with Crippen LogP contribution in [0.5, 0.6) is 11.5 Å². The molecule has 5 nitrogen and oxygen atoms in total. The minimum atomic E-state index is -0.360. The Labute approximate surface area is 142 Å². The molecule has 2 heterocycles. The van der Waals surface area contributed by atoms with Crippen molar-refractivity contribution in [1.82, 2.24) is 9.47 Å². The second-order valence-electron chi connectivity index (χ2n) is 6.23. The Morgan fingerprint density at radius 1 is 1.08 bits per heavy atom. The van der Waals surface area contributed by atoms with Gasteiger partial charge in [0.2, 0.25) is 5.43 Å². The summed E-state index contributed by atoms with van der Waals surface area (Å²) in [6.07, 6.45) is 5.60. The highest BCUT2D eigenvalue weighted by Crippen LogP contribution is 2.19. The summed E-state index contributed by atoms with van der Waals surface area (Å²) < 4.78 is 7.61. The molecule has 5 heteroatoms. The molecule has 128 valence electrons. The summed E-state index contributed by atoms with van der Waals surface area (Å²) >= 11 is 0. The number of rotatable bonds is 5. The van der Waals surface area contributed by atoms with Crippen LogP contribution < -0.4 is 10.2 Å². The number of nitrogens with zero attached hydrogens (tertiary/aromatic N) is 2. The maximum atomic E-state index is 11.4. The summed E-state index contributed by atoms with van der Waals surface area (Å²) in [6.45, 7) is 5.74. The lowest BCUT2D eigenvalue weighted by Gasteiger charge is -2.26. The molecule has 1 N–H and O–H groups in total. The molecule has 0 saturated carbocycles. The summed E-state index contributed by atoms with van der Waals surface area (Å²) in [4.78, 5) is 13.9. The second kappa shape index (κ2) is 7.53. The van der Waals surface area contributed by atoms with Gasteiger partial charge in [-0.15, -0.1) is 0 Å². The van der Waals surface area contributed by atoms with Crippen molar-refractivity contribution in [3.8, 4) is 17.2 Å². The van der Waals surface area contributed by atoms with E-state index in [0.29, 0.717) is 12.3 Å². The van der Waals surface area contributed by atoms with Gasteiger partial charge in [0.05, 0.1) is 5.69 Å². The van der Waals surface area contributed by atoms with E-state index >= 15 is 0 Å². The predicted octanol–water partition coefficient (Wildman–Crippen LogP) is 2.72. The van der Waals surface area contributed by atoms with Crippen LogP contribution in [0.4, 0.5) is 0 Å². The number of hydrogen-bond donors (Lipinski definition) is 1. The maximum absolute atomic E-state index is 11.4. The number of piperidine rings is 1. The summed E-state index contributed by atoms with van der Waals surface area (Å²) in [5, 5.41) is 9.78. The Morgan fingerprint density at radius 3 is 2.50 bits per heavy atom. The predicted molar refractivity (Wildman–Crippen MR) is 94.2 cm³/mol. The van der Waals surface area contributed by atoms with E-state index in [1.165, 1.54) is 38.4 Å². The molecular weight excluding hydrogens is 304 g/mol. The second-order valence-corrected chi connectivity index (χ2v) is 6.23. The van der Waals surface area contributed by atoms with Gasteiger partial charge in [0, 0.05) is 24.5 Å². The van der Waals surface area contributed by atoms with Crippen molar-refractivity contribution in [2.24, 2.45) is 0 Å². The normalized spacial score (nSPS) is 15.4. The van der Waals surface area contributed by atoms with Crippen LogP contribution >= 0.6 is 0 Å². The van der Waals surface area contributed by atoms with Gasteiger partial charge in [0.25, 0.3) is 0 Å². The Bertz CT molecular complexity index is 731. The number of benzene rings is 1. The van der Waals surface area contributed by atoms with Gasteiger partial charge < -0.3 is 14.4 Å². The third-order valence-corrected chi connectivity index (χ3v) is 4.55. The average Bonchev–Trinajstić information content (AvgIpc) is 2.62. The van der Waals surface area contributed by atoms with Gasteiger partial charge >= 0.3 is 0 Å². The lowest BCUT2D eigenvalue weighted by atomic mass is 10.1. The monoisotopic (exact) mass is 328 g/mol. The van der Waals surface area contributed by atoms with Gasteiger partial charge in [-0.05, 0) is 57.1 Å². The highest BCUT2D eigenvalue weighted by molar-refractivity contribution is 5.41. The van der Waals surface area contributed by atoms with E-state index in [1.807, 2.05) is 24.3 Å². The molecule has 1 saturated heterocycles. The fraction of sp³-hybridized carbons (Fsp3) is 0.421. The quantitative estimate of drug-likeness (QED) is 0.917. The minimum Gasteiger partial charge on any atom is -0.503 e. The molecule has 3 rings (SSSR count). The minimum absolute atomic E-state index is 0.209. The Kier molecular flexibility index (Phi) is 5.20. The number of pyridine rings is 1. The molecule has 1 aliphatic rings. The fourth-order valence-electron chi connectivity index (χ4n) is 3.08. The first kappa shape index (κ1) is 16.6. The van der Waals surface area contributed by atoms with Crippen molar-refractivity contribution in [1.29, 1.82) is 0 Å². The largest absolute Gasteiger partial charge is 0.503 e. The molecule has 1 aromatic carbocycles. The van der Waals surface area contributed by atoms with Crippen LogP contribution in [0, 0.1) is 6.92 Å². The molecule has 0 bridgehead atoms. The highest BCUT2D eigenvalue weighted by atomic mass is 16.5. The van der Waals surface area contributed by atoms with Crippen LogP contribution in [0.25, 0.3) is 5.69 Å². The SMILES string of the molecule is Cc1c(O)c(=O)ccn1-c1ccc(OCCN2CCCCC2)cc1. The van der Waals surface area contributed by atoms with Gasteiger partial charge in [-0.3, -0.25) is 9.69 Å². The summed E-state index contributed by atoms with van der Waals surface area (Å²) in [5.41, 5.74) is 1.05. The first-order valence-corrected chi connectivity index (χ1v) is 8.52. The Hall–Kier alpha value is -2.27. The van der Waals surface area contributed by atoms with Gasteiger partial charge in [-0.2, -0.15) is 0 Å². The van der Waals surface area contributed by atoms with Crippen LogP contribution in [-0.2, 0) is 0 Å². The zero-order valence-corrected chi connectivity index (χ0v) is 14.1. The average molecular weight is 328 g/mol. The lowest BCUT2D eigenvalue weighted by Crippen LogP contribution is -2.33. The van der Waals surface area contributed by atoms with E-state index in [-0.39, 0.29) is 11.2 Å². The molecule has 1 fully saturated rings. The molecule has 1 aliphatic heterocycles. The first-order valence-electron chi connectivity index (χ1n) is 8.52. The molecule has 0 unspecified atom stereocenters. The summed E-state index contributed by atoms with van der Waals surface area (Å²) in [6, 6.07) is 9.05. The standard InChI is InChI=1S/C19H24N2O3/c1-15-19(23)18(22)9-12-21(15)16-5-7-17(8-6-16)24-14-13-20-10-3-2-4-11-20/h5-9,12,23H,2-4,10-11,13-14H2,1H3. The van der Waals surface area contributed by atoms with E-state index in [4.69, 9.17) is 4.74 Å². The van der Waals surface area contributed by atoms with Crippen molar-refractivity contribution < 1.29 is 9.84 Å². The number of likely N-dealkylation sites (tertiary alicyclic amines) is 1. The molecule has 0 radical (unpaired) electrons. The zero-order chi connectivity index (χ0) is 16.9. The van der Waals surface area contributed by atoms with Crippen LogP contribution in [0.2, 0.25) is 0 Å². The number of aromatic nitrogens is 1. The highest BCUT2D eigenvalue weighted by Gasteiger charge is 2.10. The maximum Gasteiger partial charge on any atom is 0.223 e.